The van der Waals surface area contributed by atoms with Gasteiger partial charge in [-0.25, -0.2) is 15.0 Å². The van der Waals surface area contributed by atoms with E-state index >= 15 is 0 Å². The molecule has 3 nitrogen and oxygen atoms in total. The summed E-state index contributed by atoms with van der Waals surface area (Å²) in [6.45, 7) is 0. The van der Waals surface area contributed by atoms with Crippen molar-refractivity contribution >= 4 is 21.5 Å². The highest BCUT2D eigenvalue weighted by molar-refractivity contribution is 6.28. The fraction of sp³-hybridized carbons (Fsp3) is 0. The van der Waals surface area contributed by atoms with E-state index in [1.54, 1.807) is 12.4 Å². The van der Waals surface area contributed by atoms with Gasteiger partial charge in [0, 0.05) is 18.0 Å². The molecular weight excluding hydrogens is 607 g/mol. The maximum absolute atomic E-state index is 4.88. The topological polar surface area (TPSA) is 38.7 Å². The molecule has 0 saturated heterocycles. The molecule has 3 heteroatoms. The van der Waals surface area contributed by atoms with Crippen molar-refractivity contribution in [2.24, 2.45) is 0 Å². The summed E-state index contributed by atoms with van der Waals surface area (Å²) in [6, 6.07) is 58.8. The van der Waals surface area contributed by atoms with Gasteiger partial charge in [0.25, 0.3) is 0 Å². The number of pyridine rings is 1. The Morgan fingerprint density at radius 3 is 1.48 bits per heavy atom. The molecule has 0 bridgehead atoms. The van der Waals surface area contributed by atoms with Gasteiger partial charge in [0.05, 0.1) is 5.69 Å². The van der Waals surface area contributed by atoms with Gasteiger partial charge >= 0.3 is 0 Å². The predicted molar refractivity (Wildman–Crippen MR) is 206 cm³/mol. The van der Waals surface area contributed by atoms with Crippen molar-refractivity contribution in [2.45, 2.75) is 0 Å². The maximum Gasteiger partial charge on any atom is 0.178 e. The third-order valence-electron chi connectivity index (χ3n) is 9.96. The molecule has 0 amide bonds. The molecule has 0 atom stereocenters. The Bertz CT molecular complexity index is 2630. The lowest BCUT2D eigenvalue weighted by Crippen LogP contribution is -1.93. The van der Waals surface area contributed by atoms with Crippen LogP contribution in [0.4, 0.5) is 0 Å². The van der Waals surface area contributed by atoms with E-state index in [9.17, 15) is 0 Å². The summed E-state index contributed by atoms with van der Waals surface area (Å²) in [7, 11) is 0. The average molecular weight is 636 g/mol. The van der Waals surface area contributed by atoms with Crippen molar-refractivity contribution in [1.29, 1.82) is 0 Å². The van der Waals surface area contributed by atoms with Crippen LogP contribution in [0.25, 0.3) is 100.0 Å². The summed E-state index contributed by atoms with van der Waals surface area (Å²) in [5, 5.41) is 5.11. The van der Waals surface area contributed by atoms with E-state index < -0.39 is 0 Å². The van der Waals surface area contributed by atoms with E-state index in [0.29, 0.717) is 5.82 Å². The van der Waals surface area contributed by atoms with Crippen molar-refractivity contribution in [2.75, 3.05) is 0 Å². The van der Waals surface area contributed by atoms with Gasteiger partial charge < -0.3 is 0 Å². The summed E-state index contributed by atoms with van der Waals surface area (Å²) in [4.78, 5) is 13.7. The number of rotatable bonds is 5. The SMILES string of the molecule is c1ccc(-c2c3c(c(-c4ccccc4)c4ccccc24)-c2ccc(-c4ccc(-c5cccc(-c6ncccn6)n5)cc4)c4cccc-3c24)cc1. The van der Waals surface area contributed by atoms with E-state index in [-0.39, 0.29) is 0 Å². The third-order valence-corrected chi connectivity index (χ3v) is 9.96. The van der Waals surface area contributed by atoms with E-state index in [1.165, 1.54) is 77.2 Å². The van der Waals surface area contributed by atoms with E-state index in [0.717, 1.165) is 17.0 Å². The van der Waals surface area contributed by atoms with E-state index in [1.807, 2.05) is 24.3 Å². The molecule has 1 aliphatic carbocycles. The second-order valence-electron chi connectivity index (χ2n) is 12.7. The van der Waals surface area contributed by atoms with Gasteiger partial charge in [-0.05, 0) is 95.4 Å². The van der Waals surface area contributed by atoms with Crippen molar-refractivity contribution in [3.05, 3.63) is 176 Å². The summed E-state index contributed by atoms with van der Waals surface area (Å²) in [6.07, 6.45) is 3.49. The lowest BCUT2D eigenvalue weighted by molar-refractivity contribution is 1.14. The lowest BCUT2D eigenvalue weighted by Gasteiger charge is -2.20. The van der Waals surface area contributed by atoms with Crippen LogP contribution < -0.4 is 0 Å². The second-order valence-corrected chi connectivity index (χ2v) is 12.7. The van der Waals surface area contributed by atoms with Gasteiger partial charge in [-0.2, -0.15) is 0 Å². The molecule has 0 radical (unpaired) electrons. The smallest absolute Gasteiger partial charge is 0.178 e. The molecular formula is C47H29N3. The Morgan fingerprint density at radius 2 is 0.820 bits per heavy atom. The first kappa shape index (κ1) is 28.3. The number of fused-ring (bicyclic) bond motifs is 4. The summed E-state index contributed by atoms with van der Waals surface area (Å²) in [5.74, 6) is 0.624. The van der Waals surface area contributed by atoms with E-state index in [2.05, 4.69) is 149 Å². The van der Waals surface area contributed by atoms with Crippen molar-refractivity contribution in [3.63, 3.8) is 0 Å². The normalized spacial score (nSPS) is 11.6. The monoisotopic (exact) mass is 635 g/mol. The molecule has 232 valence electrons. The molecule has 0 N–H and O–H groups in total. The highest BCUT2D eigenvalue weighted by atomic mass is 14.9. The highest BCUT2D eigenvalue weighted by Crippen LogP contribution is 2.58. The first-order valence-electron chi connectivity index (χ1n) is 16.9. The van der Waals surface area contributed by atoms with Crippen LogP contribution in [0.15, 0.2) is 176 Å². The first-order chi connectivity index (χ1) is 24.8. The Morgan fingerprint density at radius 1 is 0.300 bits per heavy atom. The van der Waals surface area contributed by atoms with Crippen molar-refractivity contribution in [3.8, 4) is 78.4 Å². The zero-order valence-electron chi connectivity index (χ0n) is 27.1. The fourth-order valence-electron chi connectivity index (χ4n) is 7.83. The molecule has 1 aliphatic rings. The van der Waals surface area contributed by atoms with Crippen LogP contribution >= 0.6 is 0 Å². The maximum atomic E-state index is 4.88. The van der Waals surface area contributed by atoms with Crippen LogP contribution in [-0.2, 0) is 0 Å². The zero-order chi connectivity index (χ0) is 33.0. The van der Waals surface area contributed by atoms with Crippen LogP contribution in [0.3, 0.4) is 0 Å². The van der Waals surface area contributed by atoms with Gasteiger partial charge in [0.1, 0.15) is 5.69 Å². The van der Waals surface area contributed by atoms with Gasteiger partial charge in [-0.1, -0.05) is 146 Å². The molecule has 50 heavy (non-hydrogen) atoms. The number of hydrogen-bond acceptors (Lipinski definition) is 3. The summed E-state index contributed by atoms with van der Waals surface area (Å²) < 4.78 is 0. The number of nitrogens with zero attached hydrogens (tertiary/aromatic N) is 3. The van der Waals surface area contributed by atoms with Crippen LogP contribution in [0.5, 0.6) is 0 Å². The van der Waals surface area contributed by atoms with Crippen LogP contribution in [0.2, 0.25) is 0 Å². The largest absolute Gasteiger partial charge is 0.244 e. The van der Waals surface area contributed by atoms with Gasteiger partial charge in [0.2, 0.25) is 0 Å². The molecule has 2 heterocycles. The first-order valence-corrected chi connectivity index (χ1v) is 16.9. The molecule has 0 aliphatic heterocycles. The number of hydrogen-bond donors (Lipinski definition) is 0. The van der Waals surface area contributed by atoms with Crippen LogP contribution in [-0.4, -0.2) is 15.0 Å². The molecule has 0 spiro atoms. The second kappa shape index (κ2) is 11.5. The minimum absolute atomic E-state index is 0.624. The molecule has 10 rings (SSSR count). The van der Waals surface area contributed by atoms with Crippen LogP contribution in [0.1, 0.15) is 0 Å². The number of benzene rings is 7. The fourth-order valence-corrected chi connectivity index (χ4v) is 7.83. The third kappa shape index (κ3) is 4.41. The molecule has 0 saturated carbocycles. The van der Waals surface area contributed by atoms with Crippen molar-refractivity contribution in [1.82, 2.24) is 15.0 Å². The quantitative estimate of drug-likeness (QED) is 0.189. The van der Waals surface area contributed by atoms with E-state index in [4.69, 9.17) is 4.98 Å². The van der Waals surface area contributed by atoms with Gasteiger partial charge in [-0.15, -0.1) is 0 Å². The molecule has 0 unspecified atom stereocenters. The molecule has 7 aromatic carbocycles. The average Bonchev–Trinajstić information content (AvgIpc) is 3.53. The summed E-state index contributed by atoms with van der Waals surface area (Å²) in [5.41, 5.74) is 15.4. The molecule has 2 aromatic heterocycles. The Labute approximate surface area is 290 Å². The molecule has 0 fully saturated rings. The van der Waals surface area contributed by atoms with Crippen molar-refractivity contribution < 1.29 is 0 Å². The standard InChI is InChI=1S/C47H29N3/c1-3-12-32(13-4-1)42-36-16-7-8-17-37(36)43(33-14-5-2-6-15-33)46-39-27-26-34(35-18-9-19-38(44(35)39)45(42)46)30-22-24-31(25-23-30)40-20-10-21-41(50-40)47-48-28-11-29-49-47/h1-29H. The highest BCUT2D eigenvalue weighted by Gasteiger charge is 2.31. The Kier molecular flexibility index (Phi) is 6.49. The Balaban J connectivity index is 1.17. The molecule has 9 aromatic rings. The Hall–Kier alpha value is -6.71. The zero-order valence-corrected chi connectivity index (χ0v) is 27.1. The van der Waals surface area contributed by atoms with Gasteiger partial charge in [-0.3, -0.25) is 0 Å². The summed E-state index contributed by atoms with van der Waals surface area (Å²) >= 11 is 0. The van der Waals surface area contributed by atoms with Gasteiger partial charge in [0.15, 0.2) is 5.82 Å². The minimum atomic E-state index is 0.624. The lowest BCUT2D eigenvalue weighted by atomic mass is 9.82. The predicted octanol–water partition coefficient (Wildman–Crippen LogP) is 12.2. The number of aromatic nitrogens is 3. The minimum Gasteiger partial charge on any atom is -0.244 e. The van der Waals surface area contributed by atoms with Crippen LogP contribution in [0, 0.1) is 0 Å².